The Morgan fingerprint density at radius 2 is 0.842 bits per heavy atom. The van der Waals surface area contributed by atoms with Gasteiger partial charge in [-0.15, -0.1) is 0 Å². The van der Waals surface area contributed by atoms with Crippen molar-refractivity contribution in [2.45, 2.75) is 447 Å². The molecular formula is C111H208N6O23S6. The monoisotopic (exact) mass is 2190 g/mol. The van der Waals surface area contributed by atoms with Gasteiger partial charge in [-0.2, -0.15) is 25.3 Å². The number of Topliss-reactive ketones (excluding diaryl/α,β-unsaturated/α-hetero) is 7. The molecule has 29 nitrogen and oxygen atoms in total. The highest BCUT2D eigenvalue weighted by Crippen LogP contribution is 2.50. The number of amides is 1. The van der Waals surface area contributed by atoms with E-state index in [0.29, 0.717) is 75.5 Å². The van der Waals surface area contributed by atoms with E-state index in [1.807, 2.05) is 140 Å². The molecule has 1 unspecified atom stereocenters. The summed E-state index contributed by atoms with van der Waals surface area (Å²) in [5, 5.41) is 31.3. The van der Waals surface area contributed by atoms with Crippen LogP contribution >= 0.6 is 68.4 Å². The van der Waals surface area contributed by atoms with Gasteiger partial charge >= 0.3 is 35.8 Å². The molecule has 0 aromatic rings. The fourth-order valence-corrected chi connectivity index (χ4v) is 18.0. The van der Waals surface area contributed by atoms with Crippen LogP contribution in [0.2, 0.25) is 0 Å². The molecule has 2 heterocycles. The lowest BCUT2D eigenvalue weighted by molar-refractivity contribution is -0.155. The third kappa shape index (κ3) is 120. The SMILES string of the molecule is C=C(O)[C@@H](N)CCCCNC(C)(C)C.CC(=O)CCCCC(C)(C)C.CC(=O)N[C@@H](CS)C(=O)C(C)C.CC(C)(C)OC(=O)CCCC[C@]1(C)CCSS1.CC(C)C(=O)/C=C/C(=O)O.CC(C)C(=O)C(N)CCC(=O)O.CC(C)C(=O)CCCC[C@]1(C)CCSS1.CC(C)C(=O)CCCN.CC(C)C(=O)[C@@H](N)CS.CCCCCCCC(=O)C(C)C.COC(=O)/C=C/C(=O)C(C)C.COC(=O)/C=C/C(=O)OCC(C)(C)C. The van der Waals surface area contributed by atoms with Crippen molar-refractivity contribution < 1.29 is 111 Å². The van der Waals surface area contributed by atoms with Crippen LogP contribution in [0.5, 0.6) is 0 Å². The minimum absolute atomic E-state index is 0.0280. The number of carbonyl (C=O) groups excluding carboxylic acids is 14. The number of thiol groups is 2. The average Bonchev–Trinajstić information content (AvgIpc) is 1.76. The maximum Gasteiger partial charge on any atom is 0.331 e. The maximum absolute atomic E-state index is 11.5. The molecule has 0 aromatic carbocycles. The summed E-state index contributed by atoms with van der Waals surface area (Å²) in [4.78, 5) is 173. The minimum atomic E-state index is -1.09. The Kier molecular flexibility index (Phi) is 104. The molecule has 2 aliphatic rings. The Labute approximate surface area is 911 Å². The number of aliphatic carboxylic acids is 2. The fraction of sp³-hybridized carbons (Fsp3) is 0.784. The molecule has 856 valence electrons. The van der Waals surface area contributed by atoms with Gasteiger partial charge in [0.2, 0.25) is 5.91 Å². The van der Waals surface area contributed by atoms with Crippen molar-refractivity contribution in [1.82, 2.24) is 10.6 Å². The smallest absolute Gasteiger partial charge is 0.331 e. The van der Waals surface area contributed by atoms with Crippen LogP contribution in [-0.2, 0) is 95.7 Å². The summed E-state index contributed by atoms with van der Waals surface area (Å²) in [5.74, 6) is 1.17. The van der Waals surface area contributed by atoms with Gasteiger partial charge in [-0.05, 0) is 182 Å². The van der Waals surface area contributed by atoms with Crippen LogP contribution in [0.3, 0.4) is 0 Å². The topological polar surface area (TPSA) is 499 Å². The molecule has 6 atom stereocenters. The van der Waals surface area contributed by atoms with Gasteiger partial charge < -0.3 is 72.6 Å². The zero-order valence-electron chi connectivity index (χ0n) is 97.0. The van der Waals surface area contributed by atoms with Crippen molar-refractivity contribution in [2.24, 2.45) is 81.1 Å². The lowest BCUT2D eigenvalue weighted by Crippen LogP contribution is -2.43. The molecule has 2 rings (SSSR count). The van der Waals surface area contributed by atoms with Crippen LogP contribution in [-0.4, -0.2) is 211 Å². The molecule has 0 bridgehead atoms. The first kappa shape index (κ1) is 160. The van der Waals surface area contributed by atoms with Crippen LogP contribution in [0, 0.1) is 58.2 Å². The number of carboxylic acid groups (broad SMARTS) is 2. The van der Waals surface area contributed by atoms with E-state index < -0.39 is 41.9 Å². The summed E-state index contributed by atoms with van der Waals surface area (Å²) in [6, 6.07) is -1.70. The van der Waals surface area contributed by atoms with E-state index in [1.165, 1.54) is 109 Å². The van der Waals surface area contributed by atoms with E-state index in [0.717, 1.165) is 114 Å². The third-order valence-corrected chi connectivity index (χ3v) is 27.9. The average molecular weight is 2190 g/mol. The predicted molar refractivity (Wildman–Crippen MR) is 617 cm³/mol. The van der Waals surface area contributed by atoms with Crippen LogP contribution in [0.25, 0.3) is 0 Å². The largest absolute Gasteiger partial charge is 0.511 e. The van der Waals surface area contributed by atoms with Gasteiger partial charge in [0, 0.05) is 155 Å². The Bertz CT molecular complexity index is 3680. The number of aliphatic hydroxyl groups is 1. The van der Waals surface area contributed by atoms with E-state index in [-0.39, 0.29) is 135 Å². The number of aliphatic hydroxyl groups excluding tert-OH is 1. The van der Waals surface area contributed by atoms with Crippen molar-refractivity contribution in [3.63, 3.8) is 0 Å². The van der Waals surface area contributed by atoms with Gasteiger partial charge in [0.05, 0.1) is 45.0 Å². The van der Waals surface area contributed by atoms with Crippen molar-refractivity contribution in [3.8, 4) is 0 Å². The summed E-state index contributed by atoms with van der Waals surface area (Å²) >= 11 is 7.89. The minimum Gasteiger partial charge on any atom is -0.511 e. The molecule has 1 amide bonds. The number of rotatable bonds is 53. The normalized spacial score (nSPS) is 14.9. The lowest BCUT2D eigenvalue weighted by Gasteiger charge is -2.21. The van der Waals surface area contributed by atoms with Crippen LogP contribution in [0.1, 0.15) is 402 Å². The molecule has 146 heavy (non-hydrogen) atoms. The highest BCUT2D eigenvalue weighted by Gasteiger charge is 2.32. The number of hydrogen-bond acceptors (Lipinski definition) is 32. The Hall–Kier alpha value is -6.02. The quantitative estimate of drug-likeness (QED) is 0.00512. The summed E-state index contributed by atoms with van der Waals surface area (Å²) in [7, 11) is 10.5. The summed E-state index contributed by atoms with van der Waals surface area (Å²) in [5.41, 5.74) is 21.9. The molecule has 0 aromatic heterocycles. The third-order valence-electron chi connectivity index (χ3n) is 20.4. The van der Waals surface area contributed by atoms with Crippen molar-refractivity contribution in [3.05, 3.63) is 48.8 Å². The molecule has 2 aliphatic heterocycles. The summed E-state index contributed by atoms with van der Waals surface area (Å²) in [6.07, 6.45) is 33.0. The molecular weight excluding hydrogens is 1980 g/mol. The first-order valence-corrected chi connectivity index (χ1v) is 57.8. The van der Waals surface area contributed by atoms with E-state index >= 15 is 0 Å². The number of methoxy groups -OCH3 is 2. The number of carbonyl (C=O) groups is 16. The van der Waals surface area contributed by atoms with Gasteiger partial charge in [0.25, 0.3) is 0 Å². The number of esters is 4. The first-order chi connectivity index (χ1) is 66.9. The second-order valence-corrected chi connectivity index (χ2v) is 50.2. The molecule has 0 spiro atoms. The molecule has 0 aliphatic carbocycles. The van der Waals surface area contributed by atoms with Gasteiger partial charge in [0.1, 0.15) is 34.5 Å². The van der Waals surface area contributed by atoms with Crippen LogP contribution in [0.4, 0.5) is 0 Å². The van der Waals surface area contributed by atoms with E-state index in [1.54, 1.807) is 62.3 Å². The van der Waals surface area contributed by atoms with Crippen molar-refractivity contribution in [1.29, 1.82) is 0 Å². The second-order valence-electron chi connectivity index (χ2n) is 43.5. The Balaban J connectivity index is -0.000000174. The highest BCUT2D eigenvalue weighted by molar-refractivity contribution is 8.78. The zero-order valence-corrected chi connectivity index (χ0v) is 102. The second kappa shape index (κ2) is 94.9. The predicted octanol–water partition coefficient (Wildman–Crippen LogP) is 23.0. The Morgan fingerprint density at radius 3 is 1.16 bits per heavy atom. The lowest BCUT2D eigenvalue weighted by atomic mass is 9.89. The van der Waals surface area contributed by atoms with Gasteiger partial charge in [0.15, 0.2) is 28.9 Å². The standard InChI is InChI=1S/C13H24O2S2.C12H22OS2.C11H24N2O.C11H22O.C10H16O4.C10H20O.C8H15NO3.C8H15NO2S.C8H12O3.C7H15NO.C7H10O3.C6H13NOS/c1-12(2,3)15-11(14)7-5-6-8-13(4)9-10-16-17-13;1-10(2)11(13)6-4-5-7-12(3)8-9-14-15-12;1-9(14)10(12)7-5-6-8-13-11(2,3)4;1-4-5-6-7-8-9-11(12)10(2)3;1-10(2,3)7-14-9(12)6-5-8(11)13-4;1-9(11)7-5-6-8-10(2,3)4;1-5(2)8(12)6(9)3-4-7(10)11;1-5(2)8(11)7(4-12)9-6(3)10;1-6(2)7(9)4-5-8(10)11-3;1-6(2)7(9)4-3-5-8;1-5(2)6(8)3-4-7(9)10;1-4(2)6(8)5(7)3-9/h5-10H2,1-4H3;10H,4-9H2,1-3H3;10,13-14H,1,5-8,12H2,2-4H3;10H,4-9H2,1-3H3;5-6H,7H2,1-4H3;5-8H2,1-4H3;5-6H,3-4,9H2,1-2H3,(H,10,11);5,7,12H,4H2,1-3H3,(H,9,10);4-6H,1-3H3;6H,3-5,8H2,1-2H3;3-5H,1-2H3,(H,9,10);4-5,9H,3,7H2,1-2H3/b;;;;6-5+;;;;5-4+;;4-3+;/t13-;12-;10-;;;;;7-;;;;5-/m110....0...0/s1. The number of hydrogen-bond donors (Lipinski definition) is 11. The number of unbranched alkanes of at least 4 members (excludes halogenated alkanes) is 8. The fourth-order valence-electron chi connectivity index (χ4n) is 11.0. The van der Waals surface area contributed by atoms with E-state index in [4.69, 9.17) is 47.7 Å². The van der Waals surface area contributed by atoms with Crippen molar-refractivity contribution in [2.75, 3.05) is 56.9 Å². The molecule has 0 saturated carbocycles. The van der Waals surface area contributed by atoms with Gasteiger partial charge in [-0.3, -0.25) is 52.7 Å². The molecule has 2 saturated heterocycles. The number of carboxylic acids is 2. The molecule has 2 fully saturated rings. The zero-order chi connectivity index (χ0) is 116. The number of nitrogens with two attached hydrogens (primary N) is 4. The summed E-state index contributed by atoms with van der Waals surface area (Å²) < 4.78 is 19.7. The molecule has 13 N–H and O–H groups in total. The Morgan fingerprint density at radius 1 is 0.445 bits per heavy atom. The summed E-state index contributed by atoms with van der Waals surface area (Å²) in [6.45, 7) is 69.6. The van der Waals surface area contributed by atoms with Gasteiger partial charge in [-0.25, -0.2) is 19.2 Å². The van der Waals surface area contributed by atoms with Crippen LogP contribution < -0.4 is 33.6 Å². The van der Waals surface area contributed by atoms with Crippen molar-refractivity contribution >= 4 is 162 Å². The number of allylic oxidation sites excluding steroid dienone is 2. The first-order valence-electron chi connectivity index (χ1n) is 51.9. The highest BCUT2D eigenvalue weighted by atomic mass is 33.1. The van der Waals surface area contributed by atoms with E-state index in [2.05, 4.69) is 114 Å². The molecule has 35 heteroatoms. The van der Waals surface area contributed by atoms with Crippen LogP contribution in [0.15, 0.2) is 48.8 Å². The maximum atomic E-state index is 11.5. The number of ketones is 9. The van der Waals surface area contributed by atoms with Gasteiger partial charge in [-0.1, -0.05) is 260 Å². The number of nitrogens with one attached hydrogen (secondary N) is 2. The number of ether oxygens (including phenoxy) is 4. The molecule has 0 radical (unpaired) electrons. The van der Waals surface area contributed by atoms with E-state index in [9.17, 15) is 76.7 Å².